The topological polar surface area (TPSA) is 73.1 Å². The quantitative estimate of drug-likeness (QED) is 0.529. The molecular weight excluding hydrogens is 216 g/mol. The summed E-state index contributed by atoms with van der Waals surface area (Å²) >= 11 is 1.59. The lowest BCUT2D eigenvalue weighted by Crippen LogP contribution is -2.04. The molecule has 15 heavy (non-hydrogen) atoms. The average Bonchev–Trinajstić information content (AvgIpc) is 2.99. The zero-order valence-corrected chi connectivity index (χ0v) is 9.19. The van der Waals surface area contributed by atoms with Crippen LogP contribution in [0.15, 0.2) is 5.16 Å². The van der Waals surface area contributed by atoms with Gasteiger partial charge in [-0.2, -0.15) is 0 Å². The summed E-state index contributed by atoms with van der Waals surface area (Å²) < 4.78 is 7.03. The number of aromatic nitrogens is 4. The molecule has 0 atom stereocenters. The molecular formula is C8H14N4O2S. The van der Waals surface area contributed by atoms with Crippen molar-refractivity contribution in [2.45, 2.75) is 24.0 Å². The van der Waals surface area contributed by atoms with E-state index in [9.17, 15) is 0 Å². The monoisotopic (exact) mass is 230 g/mol. The lowest BCUT2D eigenvalue weighted by atomic mass is 10.7. The highest BCUT2D eigenvalue weighted by Crippen LogP contribution is 2.36. The number of nitrogens with zero attached hydrogens (tertiary/aromatic N) is 4. The molecule has 0 unspecified atom stereocenters. The van der Waals surface area contributed by atoms with Crippen LogP contribution in [0.25, 0.3) is 0 Å². The Balaban J connectivity index is 1.70. The maximum absolute atomic E-state index is 8.51. The zero-order chi connectivity index (χ0) is 10.5. The third-order valence-corrected chi connectivity index (χ3v) is 2.95. The minimum absolute atomic E-state index is 0.0739. The standard InChI is InChI=1S/C8H14N4O2S/c13-3-4-14-5-6-15-8-9-10-11-12(8)7-1-2-7/h7,13H,1-6H2. The van der Waals surface area contributed by atoms with Crippen molar-refractivity contribution >= 4 is 11.8 Å². The number of aliphatic hydroxyl groups is 1. The van der Waals surface area contributed by atoms with Crippen LogP contribution in [0.2, 0.25) is 0 Å². The lowest BCUT2D eigenvalue weighted by molar-refractivity contribution is 0.103. The molecule has 1 N–H and O–H groups in total. The molecule has 1 aromatic heterocycles. The Bertz CT molecular complexity index is 303. The second-order valence-electron chi connectivity index (χ2n) is 3.32. The molecule has 0 saturated heterocycles. The number of hydrogen-bond acceptors (Lipinski definition) is 6. The van der Waals surface area contributed by atoms with Crippen molar-refractivity contribution < 1.29 is 9.84 Å². The van der Waals surface area contributed by atoms with Gasteiger partial charge in [0.2, 0.25) is 5.16 Å². The van der Waals surface area contributed by atoms with Crippen molar-refractivity contribution in [3.05, 3.63) is 0 Å². The fourth-order valence-electron chi connectivity index (χ4n) is 1.19. The van der Waals surface area contributed by atoms with Crippen LogP contribution < -0.4 is 0 Å². The summed E-state index contributed by atoms with van der Waals surface area (Å²) in [4.78, 5) is 0. The number of rotatable bonds is 7. The van der Waals surface area contributed by atoms with Crippen LogP contribution in [0.1, 0.15) is 18.9 Å². The van der Waals surface area contributed by atoms with Crippen molar-refractivity contribution in [1.29, 1.82) is 0 Å². The van der Waals surface area contributed by atoms with E-state index < -0.39 is 0 Å². The van der Waals surface area contributed by atoms with E-state index in [0.29, 0.717) is 19.3 Å². The third kappa shape index (κ3) is 3.15. The zero-order valence-electron chi connectivity index (χ0n) is 8.37. The molecule has 1 aliphatic rings. The first-order valence-corrected chi connectivity index (χ1v) is 5.99. The van der Waals surface area contributed by atoms with E-state index in [1.54, 1.807) is 11.8 Å². The summed E-state index contributed by atoms with van der Waals surface area (Å²) in [7, 11) is 0. The molecule has 84 valence electrons. The second kappa shape index (κ2) is 5.43. The minimum atomic E-state index is 0.0739. The van der Waals surface area contributed by atoms with Gasteiger partial charge >= 0.3 is 0 Å². The first-order chi connectivity index (χ1) is 7.42. The summed E-state index contributed by atoms with van der Waals surface area (Å²) in [6, 6.07) is 0.515. The predicted molar refractivity (Wildman–Crippen MR) is 54.7 cm³/mol. The van der Waals surface area contributed by atoms with Crippen LogP contribution in [0.4, 0.5) is 0 Å². The number of aliphatic hydroxyl groups excluding tert-OH is 1. The first kappa shape index (κ1) is 10.8. The molecule has 1 aromatic rings. The summed E-state index contributed by atoms with van der Waals surface area (Å²) in [5, 5.41) is 20.9. The highest BCUT2D eigenvalue weighted by atomic mass is 32.2. The van der Waals surface area contributed by atoms with Crippen LogP contribution in [0.3, 0.4) is 0 Å². The van der Waals surface area contributed by atoms with Gasteiger partial charge in [0.25, 0.3) is 0 Å². The Morgan fingerprint density at radius 2 is 2.33 bits per heavy atom. The van der Waals surface area contributed by atoms with Crippen molar-refractivity contribution in [2.75, 3.05) is 25.6 Å². The van der Waals surface area contributed by atoms with Gasteiger partial charge in [-0.1, -0.05) is 11.8 Å². The normalized spacial score (nSPS) is 15.8. The number of thioether (sulfide) groups is 1. The molecule has 1 fully saturated rings. The molecule has 7 heteroatoms. The van der Waals surface area contributed by atoms with Crippen molar-refractivity contribution in [3.63, 3.8) is 0 Å². The Morgan fingerprint density at radius 1 is 1.47 bits per heavy atom. The summed E-state index contributed by atoms with van der Waals surface area (Å²) in [5.41, 5.74) is 0. The Morgan fingerprint density at radius 3 is 3.07 bits per heavy atom. The fraction of sp³-hybridized carbons (Fsp3) is 0.875. The van der Waals surface area contributed by atoms with Gasteiger partial charge < -0.3 is 9.84 Å². The number of tetrazole rings is 1. The van der Waals surface area contributed by atoms with Crippen LogP contribution in [0, 0.1) is 0 Å². The summed E-state index contributed by atoms with van der Waals surface area (Å²) in [6.45, 7) is 1.08. The maximum Gasteiger partial charge on any atom is 0.209 e. The van der Waals surface area contributed by atoms with E-state index in [2.05, 4.69) is 15.5 Å². The third-order valence-electron chi connectivity index (χ3n) is 2.05. The molecule has 1 saturated carbocycles. The number of ether oxygens (including phenoxy) is 1. The van der Waals surface area contributed by atoms with Gasteiger partial charge in [-0.25, -0.2) is 4.68 Å². The Labute approximate surface area is 92.0 Å². The molecule has 0 aliphatic heterocycles. The summed E-state index contributed by atoms with van der Waals surface area (Å²) in [6.07, 6.45) is 2.36. The SMILES string of the molecule is OCCOCCSc1nnnn1C1CC1. The number of hydrogen-bond donors (Lipinski definition) is 1. The van der Waals surface area contributed by atoms with Crippen LogP contribution in [-0.2, 0) is 4.74 Å². The van der Waals surface area contributed by atoms with Gasteiger partial charge in [-0.3, -0.25) is 0 Å². The highest BCUT2D eigenvalue weighted by Gasteiger charge is 2.27. The highest BCUT2D eigenvalue weighted by molar-refractivity contribution is 7.99. The van der Waals surface area contributed by atoms with E-state index in [1.165, 1.54) is 12.8 Å². The molecule has 0 amide bonds. The smallest absolute Gasteiger partial charge is 0.209 e. The van der Waals surface area contributed by atoms with Crippen molar-refractivity contribution in [2.24, 2.45) is 0 Å². The van der Waals surface area contributed by atoms with Crippen LogP contribution in [-0.4, -0.2) is 50.9 Å². The maximum atomic E-state index is 8.51. The van der Waals surface area contributed by atoms with Crippen LogP contribution >= 0.6 is 11.8 Å². The molecule has 1 aliphatic carbocycles. The van der Waals surface area contributed by atoms with E-state index in [4.69, 9.17) is 9.84 Å². The Hall–Kier alpha value is -0.660. The molecule has 1 heterocycles. The lowest BCUT2D eigenvalue weighted by Gasteiger charge is -2.02. The Kier molecular flexibility index (Phi) is 3.93. The molecule has 2 rings (SSSR count). The van der Waals surface area contributed by atoms with Gasteiger partial charge in [-0.05, 0) is 23.3 Å². The first-order valence-electron chi connectivity index (χ1n) is 5.01. The molecule has 0 spiro atoms. The second-order valence-corrected chi connectivity index (χ2v) is 4.38. The van der Waals surface area contributed by atoms with Gasteiger partial charge in [-0.15, -0.1) is 5.10 Å². The van der Waals surface area contributed by atoms with Crippen molar-refractivity contribution in [1.82, 2.24) is 20.2 Å². The van der Waals surface area contributed by atoms with E-state index in [1.807, 2.05) is 4.68 Å². The van der Waals surface area contributed by atoms with E-state index in [-0.39, 0.29) is 6.61 Å². The predicted octanol–water partition coefficient (Wildman–Crippen LogP) is 0.109. The van der Waals surface area contributed by atoms with Gasteiger partial charge in [0.05, 0.1) is 25.9 Å². The molecule has 0 radical (unpaired) electrons. The molecule has 0 bridgehead atoms. The van der Waals surface area contributed by atoms with Crippen LogP contribution in [0.5, 0.6) is 0 Å². The average molecular weight is 230 g/mol. The largest absolute Gasteiger partial charge is 0.394 e. The van der Waals surface area contributed by atoms with Gasteiger partial charge in [0, 0.05) is 5.75 Å². The van der Waals surface area contributed by atoms with E-state index >= 15 is 0 Å². The molecule has 6 nitrogen and oxygen atoms in total. The van der Waals surface area contributed by atoms with Gasteiger partial charge in [0.15, 0.2) is 0 Å². The van der Waals surface area contributed by atoms with E-state index in [0.717, 1.165) is 10.9 Å². The fourth-order valence-corrected chi connectivity index (χ4v) is 1.98. The summed E-state index contributed by atoms with van der Waals surface area (Å²) in [5.74, 6) is 0.813. The van der Waals surface area contributed by atoms with Gasteiger partial charge in [0.1, 0.15) is 0 Å². The van der Waals surface area contributed by atoms with Crippen molar-refractivity contribution in [3.8, 4) is 0 Å². The minimum Gasteiger partial charge on any atom is -0.394 e. The molecule has 0 aromatic carbocycles.